The van der Waals surface area contributed by atoms with E-state index in [0.717, 1.165) is 60.3 Å². The Morgan fingerprint density at radius 3 is 2.31 bits per heavy atom. The number of nitrogens with one attached hydrogen (secondary N) is 2. The van der Waals surface area contributed by atoms with Crippen molar-refractivity contribution in [1.29, 1.82) is 0 Å². The molecule has 1 aromatic carbocycles. The van der Waals surface area contributed by atoms with E-state index in [2.05, 4.69) is 23.2 Å². The van der Waals surface area contributed by atoms with Gasteiger partial charge in [0.2, 0.25) is 5.91 Å². The molecule has 0 radical (unpaired) electrons. The zero-order chi connectivity index (χ0) is 20.0. The Labute approximate surface area is 180 Å². The lowest BCUT2D eigenvalue weighted by molar-refractivity contribution is -0.898. The largest absolute Gasteiger partial charge is 0.359 e. The molecular formula is C24H35ClN3O+. The van der Waals surface area contributed by atoms with Gasteiger partial charge in [0, 0.05) is 12.1 Å². The van der Waals surface area contributed by atoms with E-state index in [-0.39, 0.29) is 11.3 Å². The number of hydrogen-bond donors (Lipinski definition) is 2. The number of quaternary nitrogens is 1. The molecule has 4 saturated carbocycles. The third-order valence-corrected chi connectivity index (χ3v) is 8.55. The predicted molar refractivity (Wildman–Crippen MR) is 119 cm³/mol. The summed E-state index contributed by atoms with van der Waals surface area (Å²) in [5.41, 5.74) is 2.22. The lowest BCUT2D eigenvalue weighted by Gasteiger charge is -2.56. The Morgan fingerprint density at radius 1 is 1.14 bits per heavy atom. The fraction of sp³-hybridized carbons (Fsp3) is 0.708. The van der Waals surface area contributed by atoms with Crippen molar-refractivity contribution in [2.75, 3.05) is 42.9 Å². The molecule has 5 fully saturated rings. The maximum absolute atomic E-state index is 12.9. The molecule has 1 aliphatic heterocycles. The Hall–Kier alpha value is -1.26. The number of nitrogens with zero attached hydrogens (tertiary/aromatic N) is 1. The second-order valence-corrected chi connectivity index (χ2v) is 10.8. The molecule has 1 heterocycles. The second kappa shape index (κ2) is 7.77. The number of anilines is 2. The van der Waals surface area contributed by atoms with E-state index >= 15 is 0 Å². The van der Waals surface area contributed by atoms with Crippen LogP contribution in [0.5, 0.6) is 0 Å². The molecule has 0 aromatic heterocycles. The van der Waals surface area contributed by atoms with Crippen LogP contribution in [0.1, 0.15) is 51.9 Å². The van der Waals surface area contributed by atoms with Gasteiger partial charge in [0.05, 0.1) is 43.4 Å². The Kier molecular flexibility index (Phi) is 5.28. The number of piperazine rings is 1. The van der Waals surface area contributed by atoms with Gasteiger partial charge in [-0.25, -0.2) is 0 Å². The number of halogens is 1. The van der Waals surface area contributed by atoms with Gasteiger partial charge in [-0.15, -0.1) is 0 Å². The van der Waals surface area contributed by atoms with Crippen LogP contribution < -0.4 is 15.1 Å². The van der Waals surface area contributed by atoms with Crippen LogP contribution >= 0.6 is 11.6 Å². The molecule has 0 unspecified atom stereocenters. The molecule has 29 heavy (non-hydrogen) atoms. The number of carbonyl (C=O) groups excluding carboxylic acids is 1. The van der Waals surface area contributed by atoms with Crippen LogP contribution in [-0.4, -0.2) is 38.6 Å². The molecule has 1 amide bonds. The van der Waals surface area contributed by atoms with Crippen LogP contribution in [0.4, 0.5) is 11.4 Å². The Morgan fingerprint density at radius 2 is 1.76 bits per heavy atom. The summed E-state index contributed by atoms with van der Waals surface area (Å²) in [4.78, 5) is 16.9. The smallest absolute Gasteiger partial charge is 0.224 e. The highest BCUT2D eigenvalue weighted by molar-refractivity contribution is 6.33. The van der Waals surface area contributed by atoms with Crippen molar-refractivity contribution in [3.05, 3.63) is 23.2 Å². The Bertz CT molecular complexity index is 736. The molecule has 5 aliphatic rings. The molecule has 4 nitrogen and oxygen atoms in total. The first kappa shape index (κ1) is 19.7. The van der Waals surface area contributed by atoms with Gasteiger partial charge in [-0.3, -0.25) is 4.79 Å². The van der Waals surface area contributed by atoms with Gasteiger partial charge in [-0.1, -0.05) is 11.6 Å². The molecule has 5 heteroatoms. The molecule has 0 atom stereocenters. The highest BCUT2D eigenvalue weighted by Gasteiger charge is 2.51. The second-order valence-electron chi connectivity index (χ2n) is 10.4. The van der Waals surface area contributed by atoms with Crippen LogP contribution in [0.25, 0.3) is 0 Å². The van der Waals surface area contributed by atoms with E-state index in [9.17, 15) is 4.79 Å². The topological polar surface area (TPSA) is 36.8 Å². The molecule has 2 N–H and O–H groups in total. The van der Waals surface area contributed by atoms with Crippen molar-refractivity contribution in [1.82, 2.24) is 0 Å². The van der Waals surface area contributed by atoms with E-state index in [1.165, 1.54) is 45.1 Å². The van der Waals surface area contributed by atoms with Crippen molar-refractivity contribution >= 4 is 28.9 Å². The molecule has 6 rings (SSSR count). The molecular weight excluding hydrogens is 382 g/mol. The standard InChI is InChI=1S/C24H34ClN3O/c1-2-27-5-7-28(8-6-27)22-4-3-20(12-21(22)25)26-23(29)16-24-13-17-9-18(14-24)11-19(10-17)15-24/h3-4,12,17-19H,2,5-11,13-16H2,1H3,(H,26,29)/p+1. The van der Waals surface area contributed by atoms with Crippen LogP contribution in [0, 0.1) is 23.2 Å². The zero-order valence-electron chi connectivity index (χ0n) is 17.7. The summed E-state index contributed by atoms with van der Waals surface area (Å²) in [6, 6.07) is 6.05. The number of rotatable bonds is 5. The summed E-state index contributed by atoms with van der Waals surface area (Å²) in [6.45, 7) is 7.85. The number of hydrogen-bond acceptors (Lipinski definition) is 2. The minimum atomic E-state index is 0.177. The first-order valence-electron chi connectivity index (χ1n) is 11.7. The summed E-state index contributed by atoms with van der Waals surface area (Å²) in [5, 5.41) is 3.91. The number of benzene rings is 1. The van der Waals surface area contributed by atoms with E-state index < -0.39 is 0 Å². The van der Waals surface area contributed by atoms with Gasteiger partial charge in [0.1, 0.15) is 0 Å². The molecule has 1 aromatic rings. The van der Waals surface area contributed by atoms with E-state index in [1.54, 1.807) is 4.90 Å². The highest BCUT2D eigenvalue weighted by atomic mass is 35.5. The Balaban J connectivity index is 1.21. The number of carbonyl (C=O) groups is 1. The maximum atomic E-state index is 12.9. The third-order valence-electron chi connectivity index (χ3n) is 8.24. The molecule has 0 spiro atoms. The van der Waals surface area contributed by atoms with Crippen LogP contribution in [0.15, 0.2) is 18.2 Å². The van der Waals surface area contributed by atoms with Crippen LogP contribution in [-0.2, 0) is 4.79 Å². The van der Waals surface area contributed by atoms with Crippen molar-refractivity contribution in [3.8, 4) is 0 Å². The van der Waals surface area contributed by atoms with E-state index in [0.29, 0.717) is 6.42 Å². The van der Waals surface area contributed by atoms with Crippen molar-refractivity contribution < 1.29 is 9.69 Å². The first-order chi connectivity index (χ1) is 14.0. The first-order valence-corrected chi connectivity index (χ1v) is 12.1. The van der Waals surface area contributed by atoms with E-state index in [4.69, 9.17) is 11.6 Å². The summed E-state index contributed by atoms with van der Waals surface area (Å²) >= 11 is 6.62. The molecule has 4 aliphatic carbocycles. The maximum Gasteiger partial charge on any atom is 0.224 e. The number of amides is 1. The summed E-state index contributed by atoms with van der Waals surface area (Å²) in [7, 11) is 0. The lowest BCUT2D eigenvalue weighted by atomic mass is 9.49. The minimum Gasteiger partial charge on any atom is -0.359 e. The lowest BCUT2D eigenvalue weighted by Crippen LogP contribution is -3.14. The fourth-order valence-corrected chi connectivity index (χ4v) is 7.61. The van der Waals surface area contributed by atoms with E-state index in [1.807, 2.05) is 12.1 Å². The van der Waals surface area contributed by atoms with Crippen LogP contribution in [0.2, 0.25) is 5.02 Å². The number of likely N-dealkylation sites (N-methyl/N-ethyl adjacent to an activating group) is 1. The summed E-state index contributed by atoms with van der Waals surface area (Å²) in [5.74, 6) is 2.84. The summed E-state index contributed by atoms with van der Waals surface area (Å²) < 4.78 is 0. The van der Waals surface area contributed by atoms with Crippen molar-refractivity contribution in [3.63, 3.8) is 0 Å². The van der Waals surface area contributed by atoms with Crippen molar-refractivity contribution in [2.45, 2.75) is 51.9 Å². The van der Waals surface area contributed by atoms with Gasteiger partial charge in [-0.05, 0) is 86.8 Å². The SMILES string of the molecule is CC[NH+]1CCN(c2ccc(NC(=O)CC34CC5CC(CC(C5)C3)C4)cc2Cl)CC1. The average Bonchev–Trinajstić information content (AvgIpc) is 2.66. The van der Waals surface area contributed by atoms with Gasteiger partial charge in [0.25, 0.3) is 0 Å². The quantitative estimate of drug-likeness (QED) is 0.769. The van der Waals surface area contributed by atoms with Gasteiger partial charge in [-0.2, -0.15) is 0 Å². The minimum absolute atomic E-state index is 0.177. The van der Waals surface area contributed by atoms with Crippen LogP contribution in [0.3, 0.4) is 0 Å². The third kappa shape index (κ3) is 4.03. The van der Waals surface area contributed by atoms with Gasteiger partial charge < -0.3 is 15.1 Å². The predicted octanol–water partition coefficient (Wildman–Crippen LogP) is 3.61. The molecule has 158 valence electrons. The summed E-state index contributed by atoms with van der Waals surface area (Å²) in [6.07, 6.45) is 8.79. The monoisotopic (exact) mass is 416 g/mol. The normalized spacial score (nSPS) is 33.9. The zero-order valence-corrected chi connectivity index (χ0v) is 18.4. The average molecular weight is 417 g/mol. The highest BCUT2D eigenvalue weighted by Crippen LogP contribution is 2.61. The molecule has 1 saturated heterocycles. The molecule has 4 bridgehead atoms. The fourth-order valence-electron chi connectivity index (χ4n) is 7.31. The van der Waals surface area contributed by atoms with Gasteiger partial charge >= 0.3 is 0 Å². The van der Waals surface area contributed by atoms with Gasteiger partial charge in [0.15, 0.2) is 0 Å². The van der Waals surface area contributed by atoms with Crippen molar-refractivity contribution in [2.24, 2.45) is 23.2 Å².